The van der Waals surface area contributed by atoms with Gasteiger partial charge in [0.15, 0.2) is 0 Å². The van der Waals surface area contributed by atoms with Crippen LogP contribution >= 0.6 is 0 Å². The normalized spacial score (nSPS) is 18.5. The summed E-state index contributed by atoms with van der Waals surface area (Å²) in [5, 5.41) is 7.57. The Kier molecular flexibility index (Phi) is 5.67. The Morgan fingerprint density at radius 2 is 2.23 bits per heavy atom. The maximum absolute atomic E-state index is 4.44. The lowest BCUT2D eigenvalue weighted by atomic mass is 10.1. The summed E-state index contributed by atoms with van der Waals surface area (Å²) in [5.74, 6) is 0. The molecule has 0 radical (unpaired) electrons. The van der Waals surface area contributed by atoms with E-state index in [-0.39, 0.29) is 0 Å². The van der Waals surface area contributed by atoms with E-state index >= 15 is 0 Å². The number of hydrazine groups is 1. The molecule has 0 saturated heterocycles. The van der Waals surface area contributed by atoms with Crippen LogP contribution in [0.3, 0.4) is 0 Å². The molecule has 0 atom stereocenters. The lowest BCUT2D eigenvalue weighted by Gasteiger charge is -2.10. The molecule has 26 heavy (non-hydrogen) atoms. The first-order valence-corrected chi connectivity index (χ1v) is 8.69. The predicted molar refractivity (Wildman–Crippen MR) is 108 cm³/mol. The molecular weight excluding hydrogens is 322 g/mol. The Labute approximate surface area is 154 Å². The lowest BCUT2D eigenvalue weighted by Crippen LogP contribution is -2.22. The van der Waals surface area contributed by atoms with Gasteiger partial charge in [0.1, 0.15) is 0 Å². The number of allylic oxidation sites excluding steroid dienone is 4. The summed E-state index contributed by atoms with van der Waals surface area (Å²) >= 11 is 0. The molecule has 0 spiro atoms. The minimum atomic E-state index is 0.599. The van der Waals surface area contributed by atoms with E-state index in [4.69, 9.17) is 0 Å². The van der Waals surface area contributed by atoms with E-state index in [1.807, 2.05) is 37.4 Å². The highest BCUT2D eigenvalue weighted by molar-refractivity contribution is 6.04. The van der Waals surface area contributed by atoms with Gasteiger partial charge in [-0.2, -0.15) is 5.10 Å². The average Bonchev–Trinajstić information content (AvgIpc) is 2.98. The molecular formula is C21H23N5. The second-order valence-corrected chi connectivity index (χ2v) is 6.11. The number of hydrazone groups is 1. The van der Waals surface area contributed by atoms with Crippen molar-refractivity contribution in [3.63, 3.8) is 0 Å². The number of nitrogens with zero attached hydrogens (tertiary/aromatic N) is 2. The summed E-state index contributed by atoms with van der Waals surface area (Å²) in [6.45, 7) is 9.58. The van der Waals surface area contributed by atoms with Gasteiger partial charge in [-0.25, -0.2) is 11.0 Å². The van der Waals surface area contributed by atoms with Crippen molar-refractivity contribution in [2.24, 2.45) is 10.1 Å². The lowest BCUT2D eigenvalue weighted by molar-refractivity contribution is 0.653. The molecule has 3 rings (SSSR count). The number of hydrogen-bond acceptors (Lipinski definition) is 5. The molecule has 3 N–H and O–H groups in total. The minimum absolute atomic E-state index is 0.599. The largest absolute Gasteiger partial charge is 0.379 e. The fourth-order valence-electron chi connectivity index (χ4n) is 2.63. The van der Waals surface area contributed by atoms with Crippen molar-refractivity contribution in [2.45, 2.75) is 20.3 Å². The first-order chi connectivity index (χ1) is 12.7. The summed E-state index contributed by atoms with van der Waals surface area (Å²) in [5.41, 5.74) is 19.3. The van der Waals surface area contributed by atoms with Crippen molar-refractivity contribution in [3.05, 3.63) is 82.6 Å². The third-order valence-corrected chi connectivity index (χ3v) is 4.12. The van der Waals surface area contributed by atoms with Gasteiger partial charge in [-0.05, 0) is 48.3 Å². The molecule has 0 unspecified atom stereocenters. The van der Waals surface area contributed by atoms with Gasteiger partial charge in [0.05, 0.1) is 24.5 Å². The summed E-state index contributed by atoms with van der Waals surface area (Å²) < 4.78 is 0. The maximum atomic E-state index is 4.44. The highest BCUT2D eigenvalue weighted by Gasteiger charge is 2.11. The predicted octanol–water partition coefficient (Wildman–Crippen LogP) is 2.98. The fourth-order valence-corrected chi connectivity index (χ4v) is 2.63. The zero-order valence-corrected chi connectivity index (χ0v) is 15.2. The van der Waals surface area contributed by atoms with Gasteiger partial charge in [-0.1, -0.05) is 19.6 Å². The van der Waals surface area contributed by atoms with Crippen LogP contribution in [0.4, 0.5) is 0 Å². The van der Waals surface area contributed by atoms with Crippen LogP contribution in [0.5, 0.6) is 0 Å². The van der Waals surface area contributed by atoms with Crippen molar-refractivity contribution in [2.75, 3.05) is 13.1 Å². The van der Waals surface area contributed by atoms with Crippen molar-refractivity contribution >= 4 is 11.4 Å². The fraction of sp³-hybridized carbons (Fsp3) is 0.238. The highest BCUT2D eigenvalue weighted by Crippen LogP contribution is 2.16. The van der Waals surface area contributed by atoms with Crippen LogP contribution in [-0.2, 0) is 0 Å². The van der Waals surface area contributed by atoms with Crippen LogP contribution in [0.2, 0.25) is 0 Å². The smallest absolute Gasteiger partial charge is 0.0925 e. The maximum Gasteiger partial charge on any atom is 0.0925 e. The van der Waals surface area contributed by atoms with Crippen molar-refractivity contribution in [1.82, 2.24) is 16.3 Å². The Hall–Kier alpha value is -3.10. The molecule has 2 heterocycles. The van der Waals surface area contributed by atoms with E-state index in [1.165, 1.54) is 0 Å². The van der Waals surface area contributed by atoms with E-state index in [9.17, 15) is 0 Å². The van der Waals surface area contributed by atoms with Gasteiger partial charge in [0.25, 0.3) is 0 Å². The third-order valence-electron chi connectivity index (χ3n) is 4.12. The van der Waals surface area contributed by atoms with Crippen molar-refractivity contribution in [3.8, 4) is 0 Å². The summed E-state index contributed by atoms with van der Waals surface area (Å²) in [6.07, 6.45) is 12.8. The third kappa shape index (κ3) is 4.50. The summed E-state index contributed by atoms with van der Waals surface area (Å²) in [4.78, 5) is 4.44. The molecule has 2 aliphatic heterocycles. The van der Waals surface area contributed by atoms with E-state index < -0.39 is 0 Å². The molecule has 1 aliphatic carbocycles. The van der Waals surface area contributed by atoms with Gasteiger partial charge >= 0.3 is 0 Å². The van der Waals surface area contributed by atoms with Gasteiger partial charge in [-0.3, -0.25) is 4.99 Å². The number of rotatable bonds is 6. The molecule has 0 aromatic carbocycles. The topological polar surface area (TPSA) is 60.8 Å². The first kappa shape index (κ1) is 17.7. The van der Waals surface area contributed by atoms with E-state index in [2.05, 4.69) is 57.4 Å². The summed E-state index contributed by atoms with van der Waals surface area (Å²) in [7, 11) is 0. The molecule has 132 valence electrons. The summed E-state index contributed by atoms with van der Waals surface area (Å²) in [6, 6.07) is 0. The monoisotopic (exact) mass is 345 g/mol. The number of hydrogen-bond donors (Lipinski definition) is 3. The van der Waals surface area contributed by atoms with Crippen LogP contribution < -0.4 is 16.3 Å². The Morgan fingerprint density at radius 3 is 3.00 bits per heavy atom. The standard InChI is InChI=1S/C21H23N5/c1-4-17-5-8-20(22-10-9-17)13-23-16(3)18-6-7-19(12-15(2)11-18)21-14-24-26-25-21/h6-11,23-24,26H,3-4,13-14H2,1-2H3. The highest BCUT2D eigenvalue weighted by atomic mass is 15.6. The van der Waals surface area contributed by atoms with Crippen molar-refractivity contribution < 1.29 is 0 Å². The van der Waals surface area contributed by atoms with Crippen LogP contribution in [0, 0.1) is 0 Å². The van der Waals surface area contributed by atoms with Crippen molar-refractivity contribution in [1.29, 1.82) is 0 Å². The van der Waals surface area contributed by atoms with Crippen LogP contribution in [-0.4, -0.2) is 24.5 Å². The Balaban J connectivity index is 1.66. The Morgan fingerprint density at radius 1 is 1.35 bits per heavy atom. The van der Waals surface area contributed by atoms with Gasteiger partial charge < -0.3 is 5.32 Å². The van der Waals surface area contributed by atoms with E-state index in [0.29, 0.717) is 13.1 Å². The van der Waals surface area contributed by atoms with E-state index in [1.54, 1.807) is 0 Å². The van der Waals surface area contributed by atoms with Crippen LogP contribution in [0.25, 0.3) is 0 Å². The zero-order chi connectivity index (χ0) is 18.4. The molecule has 0 bridgehead atoms. The second-order valence-electron chi connectivity index (χ2n) is 6.11. The molecule has 3 aliphatic rings. The molecule has 0 aromatic rings. The quantitative estimate of drug-likeness (QED) is 0.649. The van der Waals surface area contributed by atoms with Crippen LogP contribution in [0.15, 0.2) is 92.7 Å². The SMILES string of the molecule is C=C(NCC1=NC=CC(CC)=C=C1)C1=CC(C)=C=C(C2=NNNC2)C=C1. The number of aliphatic imine (C=N–C) groups is 1. The molecule has 5 nitrogen and oxygen atoms in total. The van der Waals surface area contributed by atoms with Gasteiger partial charge in [0.2, 0.25) is 0 Å². The minimum Gasteiger partial charge on any atom is -0.379 e. The molecule has 0 fully saturated rings. The van der Waals surface area contributed by atoms with E-state index in [0.717, 1.165) is 45.8 Å². The zero-order valence-electron chi connectivity index (χ0n) is 15.2. The molecule has 0 aromatic heterocycles. The Bertz CT molecular complexity index is 893. The number of nitrogens with one attached hydrogen (secondary N) is 3. The van der Waals surface area contributed by atoms with Crippen LogP contribution in [0.1, 0.15) is 20.3 Å². The first-order valence-electron chi connectivity index (χ1n) is 8.69. The second kappa shape index (κ2) is 8.32. The molecule has 5 heteroatoms. The van der Waals surface area contributed by atoms with Gasteiger partial charge in [-0.15, -0.1) is 11.5 Å². The molecule has 0 amide bonds. The van der Waals surface area contributed by atoms with Gasteiger partial charge in [0, 0.05) is 23.5 Å². The average molecular weight is 345 g/mol. The molecule has 0 saturated carbocycles.